The van der Waals surface area contributed by atoms with Gasteiger partial charge in [0.2, 0.25) is 11.5 Å². The molecule has 130 valence electrons. The molecule has 0 aromatic carbocycles. The van der Waals surface area contributed by atoms with Crippen molar-refractivity contribution >= 4 is 11.8 Å². The first-order valence-corrected chi connectivity index (χ1v) is 8.61. The molecule has 3 heterocycles. The molecule has 0 atom stereocenters. The molecule has 1 aromatic rings. The van der Waals surface area contributed by atoms with Gasteiger partial charge in [-0.1, -0.05) is 0 Å². The molecule has 0 radical (unpaired) electrons. The SMILES string of the molecule is O=C(CCN1CCCC1)N1CCN(C(=O)c2ccc(=O)[nH]c2)CC1. The summed E-state index contributed by atoms with van der Waals surface area (Å²) in [6.45, 7) is 5.28. The summed E-state index contributed by atoms with van der Waals surface area (Å²) in [5, 5.41) is 0. The minimum Gasteiger partial charge on any atom is -0.339 e. The van der Waals surface area contributed by atoms with Crippen LogP contribution < -0.4 is 5.56 Å². The van der Waals surface area contributed by atoms with Crippen molar-refractivity contribution in [3.8, 4) is 0 Å². The Kier molecular flexibility index (Phi) is 5.30. The Morgan fingerprint density at radius 2 is 1.62 bits per heavy atom. The van der Waals surface area contributed by atoms with Crippen LogP contribution in [0, 0.1) is 0 Å². The van der Waals surface area contributed by atoms with Gasteiger partial charge in [0.15, 0.2) is 0 Å². The van der Waals surface area contributed by atoms with E-state index in [1.54, 1.807) is 4.90 Å². The van der Waals surface area contributed by atoms with Crippen LogP contribution in [0.4, 0.5) is 0 Å². The summed E-state index contributed by atoms with van der Waals surface area (Å²) in [5.74, 6) is 0.0773. The van der Waals surface area contributed by atoms with Crippen LogP contribution in [-0.4, -0.2) is 77.3 Å². The van der Waals surface area contributed by atoms with Gasteiger partial charge in [-0.05, 0) is 32.0 Å². The lowest BCUT2D eigenvalue weighted by Gasteiger charge is -2.35. The molecule has 0 unspecified atom stereocenters. The molecule has 0 aliphatic carbocycles. The molecule has 0 bridgehead atoms. The Labute approximate surface area is 141 Å². The summed E-state index contributed by atoms with van der Waals surface area (Å²) in [6, 6.07) is 2.89. The van der Waals surface area contributed by atoms with E-state index in [0.717, 1.165) is 19.6 Å². The van der Waals surface area contributed by atoms with Crippen LogP contribution in [0.3, 0.4) is 0 Å². The zero-order valence-corrected chi connectivity index (χ0v) is 13.9. The highest BCUT2D eigenvalue weighted by molar-refractivity contribution is 5.94. The maximum absolute atomic E-state index is 12.4. The number of aromatic amines is 1. The second kappa shape index (κ2) is 7.61. The van der Waals surface area contributed by atoms with Gasteiger partial charge in [-0.2, -0.15) is 0 Å². The Bertz CT molecular complexity index is 623. The quantitative estimate of drug-likeness (QED) is 0.851. The van der Waals surface area contributed by atoms with Crippen LogP contribution in [-0.2, 0) is 4.79 Å². The highest BCUT2D eigenvalue weighted by Crippen LogP contribution is 2.11. The lowest BCUT2D eigenvalue weighted by molar-refractivity contribution is -0.133. The molecule has 24 heavy (non-hydrogen) atoms. The number of nitrogens with one attached hydrogen (secondary N) is 1. The third-order valence-electron chi connectivity index (χ3n) is 4.79. The fourth-order valence-electron chi connectivity index (χ4n) is 3.30. The lowest BCUT2D eigenvalue weighted by atomic mass is 10.2. The van der Waals surface area contributed by atoms with E-state index in [-0.39, 0.29) is 17.4 Å². The van der Waals surface area contributed by atoms with E-state index in [9.17, 15) is 14.4 Å². The molecule has 1 aromatic heterocycles. The van der Waals surface area contributed by atoms with Gasteiger partial charge in [0.05, 0.1) is 5.56 Å². The summed E-state index contributed by atoms with van der Waals surface area (Å²) in [7, 11) is 0. The van der Waals surface area contributed by atoms with Crippen LogP contribution in [0.1, 0.15) is 29.6 Å². The van der Waals surface area contributed by atoms with Crippen molar-refractivity contribution in [3.63, 3.8) is 0 Å². The second-order valence-electron chi connectivity index (χ2n) is 6.41. The van der Waals surface area contributed by atoms with Gasteiger partial charge in [-0.3, -0.25) is 14.4 Å². The molecule has 7 nitrogen and oxygen atoms in total. The number of likely N-dealkylation sites (tertiary alicyclic amines) is 1. The zero-order valence-electron chi connectivity index (χ0n) is 13.9. The second-order valence-corrected chi connectivity index (χ2v) is 6.41. The van der Waals surface area contributed by atoms with Crippen molar-refractivity contribution in [2.24, 2.45) is 0 Å². The molecular formula is C17H24N4O3. The van der Waals surface area contributed by atoms with Crippen LogP contribution in [0.25, 0.3) is 0 Å². The van der Waals surface area contributed by atoms with E-state index in [2.05, 4.69) is 9.88 Å². The van der Waals surface area contributed by atoms with Gasteiger partial charge in [-0.25, -0.2) is 0 Å². The van der Waals surface area contributed by atoms with Crippen LogP contribution >= 0.6 is 0 Å². The maximum Gasteiger partial charge on any atom is 0.255 e. The standard InChI is InChI=1S/C17H24N4O3/c22-15-4-3-14(13-18-15)17(24)21-11-9-20(10-12-21)16(23)5-8-19-6-1-2-7-19/h3-4,13H,1-2,5-12H2,(H,18,22). The molecular weight excluding hydrogens is 308 g/mol. The number of hydrogen-bond acceptors (Lipinski definition) is 4. The van der Waals surface area contributed by atoms with Crippen LogP contribution in [0.15, 0.2) is 23.1 Å². The minimum absolute atomic E-state index is 0.101. The first-order chi connectivity index (χ1) is 11.6. The number of piperazine rings is 1. The molecule has 2 fully saturated rings. The van der Waals surface area contributed by atoms with Crippen molar-refractivity contribution in [1.29, 1.82) is 0 Å². The van der Waals surface area contributed by atoms with Gasteiger partial charge >= 0.3 is 0 Å². The summed E-state index contributed by atoms with van der Waals surface area (Å²) in [6.07, 6.45) is 4.48. The fourth-order valence-corrected chi connectivity index (χ4v) is 3.30. The molecule has 2 aliphatic heterocycles. The monoisotopic (exact) mass is 332 g/mol. The Hall–Kier alpha value is -2.15. The van der Waals surface area contributed by atoms with E-state index in [1.807, 2.05) is 4.90 Å². The Balaban J connectivity index is 1.46. The number of aromatic nitrogens is 1. The van der Waals surface area contributed by atoms with E-state index in [0.29, 0.717) is 38.2 Å². The smallest absolute Gasteiger partial charge is 0.255 e. The Morgan fingerprint density at radius 3 is 2.25 bits per heavy atom. The number of carbonyl (C=O) groups excluding carboxylic acids is 2. The van der Waals surface area contributed by atoms with Crippen molar-refractivity contribution in [1.82, 2.24) is 19.7 Å². The van der Waals surface area contributed by atoms with Crippen molar-refractivity contribution in [2.45, 2.75) is 19.3 Å². The van der Waals surface area contributed by atoms with Gasteiger partial charge in [-0.15, -0.1) is 0 Å². The van der Waals surface area contributed by atoms with E-state index in [4.69, 9.17) is 0 Å². The third-order valence-corrected chi connectivity index (χ3v) is 4.79. The summed E-state index contributed by atoms with van der Waals surface area (Å²) in [5.41, 5.74) is 0.253. The molecule has 1 N–H and O–H groups in total. The third kappa shape index (κ3) is 4.03. The first-order valence-electron chi connectivity index (χ1n) is 8.61. The van der Waals surface area contributed by atoms with Gasteiger partial charge in [0.25, 0.3) is 5.91 Å². The van der Waals surface area contributed by atoms with Crippen molar-refractivity contribution in [3.05, 3.63) is 34.2 Å². The molecule has 0 saturated carbocycles. The topological polar surface area (TPSA) is 76.7 Å². The zero-order chi connectivity index (χ0) is 16.9. The maximum atomic E-state index is 12.4. The highest BCUT2D eigenvalue weighted by atomic mass is 16.2. The lowest BCUT2D eigenvalue weighted by Crippen LogP contribution is -2.51. The molecule has 2 amide bonds. The molecule has 2 aliphatic rings. The first kappa shape index (κ1) is 16.7. The Morgan fingerprint density at radius 1 is 0.958 bits per heavy atom. The van der Waals surface area contributed by atoms with Crippen molar-refractivity contribution < 1.29 is 9.59 Å². The highest BCUT2D eigenvalue weighted by Gasteiger charge is 2.25. The number of H-pyrrole nitrogens is 1. The largest absolute Gasteiger partial charge is 0.339 e. The number of amides is 2. The van der Waals surface area contributed by atoms with E-state index < -0.39 is 0 Å². The van der Waals surface area contributed by atoms with Gasteiger partial charge in [0, 0.05) is 51.4 Å². The number of nitrogens with zero attached hydrogens (tertiary/aromatic N) is 3. The molecule has 3 rings (SSSR count). The molecule has 7 heteroatoms. The average molecular weight is 332 g/mol. The number of pyridine rings is 1. The van der Waals surface area contributed by atoms with Gasteiger partial charge < -0.3 is 19.7 Å². The predicted octanol–water partition coefficient (Wildman–Crippen LogP) is 0.145. The fraction of sp³-hybridized carbons (Fsp3) is 0.588. The van der Waals surface area contributed by atoms with E-state index >= 15 is 0 Å². The normalized spacial score (nSPS) is 18.8. The molecule has 2 saturated heterocycles. The minimum atomic E-state index is -0.222. The number of hydrogen-bond donors (Lipinski definition) is 1. The number of rotatable bonds is 4. The number of carbonyl (C=O) groups is 2. The van der Waals surface area contributed by atoms with E-state index in [1.165, 1.54) is 31.2 Å². The molecule has 0 spiro atoms. The van der Waals surface area contributed by atoms with Gasteiger partial charge in [0.1, 0.15) is 0 Å². The predicted molar refractivity (Wildman–Crippen MR) is 89.8 cm³/mol. The summed E-state index contributed by atoms with van der Waals surface area (Å²) < 4.78 is 0. The van der Waals surface area contributed by atoms with Crippen LogP contribution in [0.2, 0.25) is 0 Å². The summed E-state index contributed by atoms with van der Waals surface area (Å²) >= 11 is 0. The average Bonchev–Trinajstić information content (AvgIpc) is 3.13. The van der Waals surface area contributed by atoms with Crippen LogP contribution in [0.5, 0.6) is 0 Å². The summed E-state index contributed by atoms with van der Waals surface area (Å²) in [4.78, 5) is 44.2. The van der Waals surface area contributed by atoms with Crippen molar-refractivity contribution in [2.75, 3.05) is 45.8 Å².